The first-order valence-corrected chi connectivity index (χ1v) is 8.35. The lowest BCUT2D eigenvalue weighted by atomic mass is 10.1. The highest BCUT2D eigenvalue weighted by Gasteiger charge is 2.22. The number of nitrogens with zero attached hydrogens (tertiary/aromatic N) is 2. The van der Waals surface area contributed by atoms with E-state index in [1.807, 2.05) is 42.5 Å². The number of nitrogens with two attached hydrogens (primary N) is 1. The number of esters is 1. The molecule has 0 aliphatic heterocycles. The van der Waals surface area contributed by atoms with Gasteiger partial charge in [0.15, 0.2) is 12.4 Å². The Bertz CT molecular complexity index is 1140. The van der Waals surface area contributed by atoms with Gasteiger partial charge in [-0.3, -0.25) is 0 Å². The van der Waals surface area contributed by atoms with Crippen LogP contribution in [-0.4, -0.2) is 23.0 Å². The number of para-hydroxylation sites is 2. The molecule has 0 atom stereocenters. The molecule has 0 amide bonds. The molecule has 0 spiro atoms. The van der Waals surface area contributed by atoms with Crippen LogP contribution in [0.5, 0.6) is 0 Å². The molecule has 4 rings (SSSR count). The van der Waals surface area contributed by atoms with E-state index < -0.39 is 5.97 Å². The van der Waals surface area contributed by atoms with E-state index in [0.29, 0.717) is 28.3 Å². The Labute approximate surface area is 154 Å². The largest absolute Gasteiger partial charge is 0.452 e. The van der Waals surface area contributed by atoms with Gasteiger partial charge in [-0.05, 0) is 18.2 Å². The molecule has 2 heterocycles. The Balaban J connectivity index is 1.60. The van der Waals surface area contributed by atoms with Crippen molar-refractivity contribution in [3.05, 3.63) is 65.7 Å². The number of anilines is 1. The third-order valence-electron chi connectivity index (χ3n) is 4.18. The number of methoxy groups -OCH3 is 1. The minimum absolute atomic E-state index is 0.114. The molecule has 0 bridgehead atoms. The lowest BCUT2D eigenvalue weighted by Gasteiger charge is -2.06. The number of carbonyl (C=O) groups excluding carboxylic acids is 1. The Morgan fingerprint density at radius 3 is 2.59 bits per heavy atom. The summed E-state index contributed by atoms with van der Waals surface area (Å²) in [5.74, 6) is 0.180. The fraction of sp³-hybridized carbons (Fsp3) is 0.150. The van der Waals surface area contributed by atoms with Crippen LogP contribution in [0.4, 0.5) is 5.82 Å². The van der Waals surface area contributed by atoms with E-state index in [9.17, 15) is 4.79 Å². The van der Waals surface area contributed by atoms with Crippen molar-refractivity contribution >= 4 is 33.7 Å². The van der Waals surface area contributed by atoms with Gasteiger partial charge in [0.25, 0.3) is 0 Å². The fourth-order valence-corrected chi connectivity index (χ4v) is 2.96. The van der Waals surface area contributed by atoms with E-state index in [-0.39, 0.29) is 19.0 Å². The van der Waals surface area contributed by atoms with Crippen LogP contribution in [-0.2, 0) is 22.7 Å². The number of hydrogen-bond acceptors (Lipinski definition) is 7. The fourth-order valence-electron chi connectivity index (χ4n) is 2.96. The van der Waals surface area contributed by atoms with Crippen molar-refractivity contribution in [2.75, 3.05) is 12.8 Å². The van der Waals surface area contributed by atoms with Gasteiger partial charge in [0.05, 0.1) is 12.1 Å². The molecule has 0 aliphatic carbocycles. The summed E-state index contributed by atoms with van der Waals surface area (Å²) >= 11 is 0. The summed E-state index contributed by atoms with van der Waals surface area (Å²) in [7, 11) is 1.56. The van der Waals surface area contributed by atoms with Gasteiger partial charge in [-0.25, -0.2) is 14.8 Å². The van der Waals surface area contributed by atoms with Gasteiger partial charge >= 0.3 is 5.97 Å². The molecule has 0 saturated heterocycles. The van der Waals surface area contributed by atoms with Gasteiger partial charge in [0.2, 0.25) is 5.76 Å². The molecule has 0 saturated carbocycles. The predicted molar refractivity (Wildman–Crippen MR) is 100.0 cm³/mol. The normalized spacial score (nSPS) is 11.1. The second-order valence-electron chi connectivity index (χ2n) is 5.96. The summed E-state index contributed by atoms with van der Waals surface area (Å²) in [6, 6.07) is 14.8. The van der Waals surface area contributed by atoms with Gasteiger partial charge in [-0.1, -0.05) is 30.3 Å². The van der Waals surface area contributed by atoms with Crippen LogP contribution in [0.25, 0.3) is 21.9 Å². The number of nitrogen functional groups attached to an aromatic ring is 1. The van der Waals surface area contributed by atoms with Crippen molar-refractivity contribution in [3.63, 3.8) is 0 Å². The van der Waals surface area contributed by atoms with E-state index in [4.69, 9.17) is 19.6 Å². The van der Waals surface area contributed by atoms with Crippen LogP contribution in [0, 0.1) is 0 Å². The molecular formula is C20H17N3O4. The lowest BCUT2D eigenvalue weighted by molar-refractivity contribution is 0.0422. The van der Waals surface area contributed by atoms with Crippen molar-refractivity contribution in [1.82, 2.24) is 9.97 Å². The first-order valence-electron chi connectivity index (χ1n) is 8.35. The topological polar surface area (TPSA) is 100 Å². The van der Waals surface area contributed by atoms with Gasteiger partial charge in [-0.2, -0.15) is 0 Å². The molecule has 0 radical (unpaired) electrons. The molecule has 2 aromatic carbocycles. The summed E-state index contributed by atoms with van der Waals surface area (Å²) in [5.41, 5.74) is 7.91. The van der Waals surface area contributed by atoms with E-state index in [0.717, 1.165) is 10.8 Å². The molecule has 2 N–H and O–H groups in total. The minimum atomic E-state index is -0.603. The second-order valence-corrected chi connectivity index (χ2v) is 5.96. The van der Waals surface area contributed by atoms with Crippen LogP contribution in [0.15, 0.2) is 52.9 Å². The molecule has 0 aliphatic rings. The highest BCUT2D eigenvalue weighted by Crippen LogP contribution is 2.27. The molecule has 27 heavy (non-hydrogen) atoms. The van der Waals surface area contributed by atoms with Crippen LogP contribution in [0.2, 0.25) is 0 Å². The van der Waals surface area contributed by atoms with Gasteiger partial charge in [-0.15, -0.1) is 0 Å². The molecule has 7 nitrogen and oxygen atoms in total. The number of fused-ring (bicyclic) bond motifs is 2. The van der Waals surface area contributed by atoms with Crippen LogP contribution in [0.3, 0.4) is 0 Å². The van der Waals surface area contributed by atoms with Crippen LogP contribution in [0.1, 0.15) is 21.9 Å². The number of carbonyl (C=O) groups is 1. The summed E-state index contributed by atoms with van der Waals surface area (Å²) in [6.07, 6.45) is 0. The zero-order chi connectivity index (χ0) is 18.8. The Morgan fingerprint density at radius 2 is 1.78 bits per heavy atom. The molecule has 4 aromatic rings. The van der Waals surface area contributed by atoms with Gasteiger partial charge < -0.3 is 19.6 Å². The predicted octanol–water partition coefficient (Wildman–Crippen LogP) is 3.46. The molecule has 0 unspecified atom stereocenters. The van der Waals surface area contributed by atoms with Crippen molar-refractivity contribution in [2.45, 2.75) is 13.2 Å². The summed E-state index contributed by atoms with van der Waals surface area (Å²) < 4.78 is 16.2. The molecular weight excluding hydrogens is 346 g/mol. The summed E-state index contributed by atoms with van der Waals surface area (Å²) in [6.45, 7) is 0.123. The highest BCUT2D eigenvalue weighted by molar-refractivity contribution is 5.96. The lowest BCUT2D eigenvalue weighted by Crippen LogP contribution is -2.10. The number of hydrogen-bond donors (Lipinski definition) is 1. The summed E-state index contributed by atoms with van der Waals surface area (Å²) in [4.78, 5) is 21.2. The highest BCUT2D eigenvalue weighted by atomic mass is 16.5. The molecule has 0 fully saturated rings. The number of aromatic nitrogens is 2. The van der Waals surface area contributed by atoms with Gasteiger partial charge in [0.1, 0.15) is 11.4 Å². The van der Waals surface area contributed by atoms with Gasteiger partial charge in [0, 0.05) is 23.4 Å². The maximum Gasteiger partial charge on any atom is 0.375 e. The Morgan fingerprint density at radius 1 is 1.04 bits per heavy atom. The van der Waals surface area contributed by atoms with Crippen LogP contribution >= 0.6 is 0 Å². The Hall–Kier alpha value is -3.45. The average Bonchev–Trinajstić information content (AvgIpc) is 3.05. The summed E-state index contributed by atoms with van der Waals surface area (Å²) in [5, 5.41) is 1.57. The standard InChI is InChI=1S/C20H17N3O4/c1-25-10-14-12-6-3-5-9-16(12)27-18(14)20(24)26-11-17-22-15-8-4-2-7-13(15)19(21)23-17/h2-9H,10-11H2,1H3,(H2,21,22,23). The Kier molecular flexibility index (Phi) is 4.43. The SMILES string of the molecule is COCc1c(C(=O)OCc2nc(N)c3ccccc3n2)oc2ccccc12. The van der Waals surface area contributed by atoms with Crippen molar-refractivity contribution < 1.29 is 18.7 Å². The van der Waals surface area contributed by atoms with E-state index in [1.54, 1.807) is 13.2 Å². The van der Waals surface area contributed by atoms with Crippen molar-refractivity contribution in [1.29, 1.82) is 0 Å². The second kappa shape index (κ2) is 7.05. The van der Waals surface area contributed by atoms with Crippen molar-refractivity contribution in [2.24, 2.45) is 0 Å². The maximum absolute atomic E-state index is 12.6. The number of benzene rings is 2. The number of ether oxygens (including phenoxy) is 2. The first kappa shape index (κ1) is 17.0. The van der Waals surface area contributed by atoms with E-state index >= 15 is 0 Å². The minimum Gasteiger partial charge on any atom is -0.452 e. The third-order valence-corrected chi connectivity index (χ3v) is 4.18. The quantitative estimate of drug-likeness (QED) is 0.542. The number of furan rings is 1. The van der Waals surface area contributed by atoms with E-state index in [2.05, 4.69) is 9.97 Å². The monoisotopic (exact) mass is 363 g/mol. The van der Waals surface area contributed by atoms with Crippen molar-refractivity contribution in [3.8, 4) is 0 Å². The smallest absolute Gasteiger partial charge is 0.375 e. The molecule has 7 heteroatoms. The zero-order valence-corrected chi connectivity index (χ0v) is 14.6. The van der Waals surface area contributed by atoms with E-state index in [1.165, 1.54) is 0 Å². The molecule has 136 valence electrons. The third kappa shape index (κ3) is 3.20. The average molecular weight is 363 g/mol. The maximum atomic E-state index is 12.6. The molecule has 2 aromatic heterocycles. The first-order chi connectivity index (χ1) is 13.2. The van der Waals surface area contributed by atoms with Crippen LogP contribution < -0.4 is 5.73 Å². The zero-order valence-electron chi connectivity index (χ0n) is 14.6. The number of rotatable bonds is 5.